The Bertz CT molecular complexity index is 828. The van der Waals surface area contributed by atoms with Crippen molar-refractivity contribution >= 4 is 6.09 Å². The van der Waals surface area contributed by atoms with Crippen LogP contribution < -0.4 is 5.32 Å². The van der Waals surface area contributed by atoms with Gasteiger partial charge in [0.1, 0.15) is 5.60 Å². The summed E-state index contributed by atoms with van der Waals surface area (Å²) in [6.45, 7) is 10.8. The summed E-state index contributed by atoms with van der Waals surface area (Å²) in [6.07, 6.45) is -6.49. The minimum atomic E-state index is -4.89. The fraction of sp³-hybridized carbons (Fsp3) is 0.625. The number of nitrogens with zero attached hydrogens (tertiary/aromatic N) is 1. The van der Waals surface area contributed by atoms with Crippen molar-refractivity contribution in [3.63, 3.8) is 0 Å². The monoisotopic (exact) mass is 494 g/mol. The van der Waals surface area contributed by atoms with Crippen LogP contribution in [0.3, 0.4) is 0 Å². The highest BCUT2D eigenvalue weighted by molar-refractivity contribution is 5.69. The number of rotatable bonds is 6. The van der Waals surface area contributed by atoms with Gasteiger partial charge in [-0.15, -0.1) is 6.58 Å². The molecular formula is C24H32F6N2O2. The molecule has 1 fully saturated rings. The molecule has 1 aromatic rings. The zero-order chi connectivity index (χ0) is 25.9. The lowest BCUT2D eigenvalue weighted by atomic mass is 9.88. The summed E-state index contributed by atoms with van der Waals surface area (Å²) in [5.41, 5.74) is -3.46. The predicted molar refractivity (Wildman–Crippen MR) is 117 cm³/mol. The molecule has 0 aromatic heterocycles. The first-order valence-corrected chi connectivity index (χ1v) is 11.2. The second kappa shape index (κ2) is 10.6. The Morgan fingerprint density at radius 1 is 1.06 bits per heavy atom. The van der Waals surface area contributed by atoms with Gasteiger partial charge in [-0.25, -0.2) is 4.79 Å². The first-order valence-electron chi connectivity index (χ1n) is 11.2. The Labute approximate surface area is 196 Å². The van der Waals surface area contributed by atoms with Crippen molar-refractivity contribution in [3.05, 3.63) is 47.5 Å². The zero-order valence-electron chi connectivity index (χ0n) is 19.8. The number of carbonyl (C=O) groups excluding carboxylic acids is 1. The normalized spacial score (nSPS) is 21.9. The Morgan fingerprint density at radius 2 is 1.59 bits per heavy atom. The average Bonchev–Trinajstić information content (AvgIpc) is 2.69. The molecule has 0 radical (unpaired) electrons. The number of amides is 1. The average molecular weight is 495 g/mol. The van der Waals surface area contributed by atoms with Gasteiger partial charge in [-0.1, -0.05) is 13.0 Å². The van der Waals surface area contributed by atoms with E-state index in [0.29, 0.717) is 25.7 Å². The van der Waals surface area contributed by atoms with E-state index in [2.05, 4.69) is 11.9 Å². The third-order valence-electron chi connectivity index (χ3n) is 5.66. The lowest BCUT2D eigenvalue weighted by Gasteiger charge is -2.45. The summed E-state index contributed by atoms with van der Waals surface area (Å²) in [6, 6.07) is 0.926. The van der Waals surface area contributed by atoms with E-state index in [1.807, 2.05) is 6.92 Å². The van der Waals surface area contributed by atoms with Crippen LogP contribution in [0.2, 0.25) is 0 Å². The molecular weight excluding hydrogens is 462 g/mol. The van der Waals surface area contributed by atoms with Crippen LogP contribution >= 0.6 is 0 Å². The van der Waals surface area contributed by atoms with Crippen molar-refractivity contribution in [1.29, 1.82) is 0 Å². The van der Waals surface area contributed by atoms with Crippen LogP contribution in [0, 0.1) is 0 Å². The number of alkyl halides is 6. The van der Waals surface area contributed by atoms with E-state index in [9.17, 15) is 31.1 Å². The second-order valence-electron chi connectivity index (χ2n) is 9.59. The van der Waals surface area contributed by atoms with E-state index < -0.39 is 35.2 Å². The van der Waals surface area contributed by atoms with Crippen molar-refractivity contribution in [3.8, 4) is 0 Å². The van der Waals surface area contributed by atoms with Crippen LogP contribution in [0.4, 0.5) is 31.1 Å². The van der Waals surface area contributed by atoms with Crippen molar-refractivity contribution in [1.82, 2.24) is 10.2 Å². The maximum Gasteiger partial charge on any atom is 0.416 e. The molecule has 1 heterocycles. The minimum Gasteiger partial charge on any atom is -0.444 e. The number of piperidine rings is 1. The Hall–Kier alpha value is -2.23. The third kappa shape index (κ3) is 7.65. The van der Waals surface area contributed by atoms with Crippen LogP contribution in [-0.2, 0) is 23.6 Å². The first kappa shape index (κ1) is 28.0. The molecule has 1 aliphatic heterocycles. The molecule has 0 unspecified atom stereocenters. The highest BCUT2D eigenvalue weighted by Crippen LogP contribution is 2.36. The maximum atomic E-state index is 13.2. The molecule has 1 aliphatic rings. The third-order valence-corrected chi connectivity index (χ3v) is 5.66. The summed E-state index contributed by atoms with van der Waals surface area (Å²) in [5.74, 6) is 0. The first-order chi connectivity index (χ1) is 15.5. The summed E-state index contributed by atoms with van der Waals surface area (Å²) in [5, 5.41) is 3.11. The molecule has 2 rings (SSSR count). The molecule has 10 heteroatoms. The molecule has 4 nitrogen and oxygen atoms in total. The van der Waals surface area contributed by atoms with E-state index in [-0.39, 0.29) is 36.3 Å². The van der Waals surface area contributed by atoms with Gasteiger partial charge >= 0.3 is 18.4 Å². The quantitative estimate of drug-likeness (QED) is 0.344. The second-order valence-corrected chi connectivity index (χ2v) is 9.59. The standard InChI is InChI=1S/C24H32F6N2O2/c1-6-8-20-13-18(12-19(7-2)32(20)21(33)34-22(3,4)5)31-14-15-9-16(23(25,26)27)11-17(10-15)24(28,29)30/h6,9-11,18-20,31H,1,7-8,12-14H2,2-5H3/t18-,19+,20-/m0/s1. The Balaban J connectivity index is 2.22. The van der Waals surface area contributed by atoms with E-state index >= 15 is 0 Å². The van der Waals surface area contributed by atoms with Gasteiger partial charge in [0.2, 0.25) is 0 Å². The van der Waals surface area contributed by atoms with Crippen molar-refractivity contribution in [2.24, 2.45) is 0 Å². The minimum absolute atomic E-state index is 0.106. The lowest BCUT2D eigenvalue weighted by Crippen LogP contribution is -2.56. The molecule has 1 N–H and O–H groups in total. The summed E-state index contributed by atoms with van der Waals surface area (Å²) in [4.78, 5) is 14.5. The number of carbonyl (C=O) groups is 1. The number of nitrogens with one attached hydrogen (secondary N) is 1. The number of likely N-dealkylation sites (tertiary alicyclic amines) is 1. The molecule has 34 heavy (non-hydrogen) atoms. The van der Waals surface area contributed by atoms with E-state index in [1.165, 1.54) is 0 Å². The largest absolute Gasteiger partial charge is 0.444 e. The topological polar surface area (TPSA) is 41.6 Å². The van der Waals surface area contributed by atoms with Crippen LogP contribution in [0.15, 0.2) is 30.9 Å². The summed E-state index contributed by atoms with van der Waals surface area (Å²) < 4.78 is 84.5. The molecule has 1 aromatic carbocycles. The molecule has 0 spiro atoms. The van der Waals surface area contributed by atoms with Gasteiger partial charge in [0.15, 0.2) is 0 Å². The van der Waals surface area contributed by atoms with Crippen LogP contribution in [-0.4, -0.2) is 34.7 Å². The Morgan fingerprint density at radius 3 is 2.03 bits per heavy atom. The molecule has 3 atom stereocenters. The van der Waals surface area contributed by atoms with Crippen LogP contribution in [0.1, 0.15) is 70.1 Å². The smallest absolute Gasteiger partial charge is 0.416 e. The fourth-order valence-corrected chi connectivity index (χ4v) is 4.21. The highest BCUT2D eigenvalue weighted by Gasteiger charge is 2.40. The molecule has 0 bridgehead atoms. The van der Waals surface area contributed by atoms with Crippen molar-refractivity contribution < 1.29 is 35.9 Å². The molecule has 0 aliphatic carbocycles. The lowest BCUT2D eigenvalue weighted by molar-refractivity contribution is -0.143. The van der Waals surface area contributed by atoms with Crippen LogP contribution in [0.25, 0.3) is 0 Å². The maximum absolute atomic E-state index is 13.2. The highest BCUT2D eigenvalue weighted by atomic mass is 19.4. The van der Waals surface area contributed by atoms with Gasteiger partial charge in [-0.3, -0.25) is 0 Å². The van der Waals surface area contributed by atoms with Gasteiger partial charge in [0.25, 0.3) is 0 Å². The van der Waals surface area contributed by atoms with Crippen LogP contribution in [0.5, 0.6) is 0 Å². The number of hydrogen-bond acceptors (Lipinski definition) is 3. The molecule has 0 saturated carbocycles. The van der Waals surface area contributed by atoms with E-state index in [4.69, 9.17) is 4.74 Å². The van der Waals surface area contributed by atoms with Gasteiger partial charge < -0.3 is 15.0 Å². The van der Waals surface area contributed by atoms with Gasteiger partial charge in [-0.05, 0) is 70.2 Å². The summed E-state index contributed by atoms with van der Waals surface area (Å²) in [7, 11) is 0. The molecule has 1 saturated heterocycles. The Kier molecular flexibility index (Phi) is 8.72. The fourth-order valence-electron chi connectivity index (χ4n) is 4.21. The number of ether oxygens (including phenoxy) is 1. The molecule has 192 valence electrons. The van der Waals surface area contributed by atoms with Gasteiger partial charge in [0.05, 0.1) is 11.1 Å². The number of hydrogen-bond donors (Lipinski definition) is 1. The predicted octanol–water partition coefficient (Wildman–Crippen LogP) is 6.94. The van der Waals surface area contributed by atoms with Gasteiger partial charge in [-0.2, -0.15) is 26.3 Å². The number of halogens is 6. The molecule has 1 amide bonds. The van der Waals surface area contributed by atoms with E-state index in [1.54, 1.807) is 31.7 Å². The van der Waals surface area contributed by atoms with E-state index in [0.717, 1.165) is 12.1 Å². The zero-order valence-corrected chi connectivity index (χ0v) is 19.8. The SMILES string of the molecule is C=CC[C@H]1C[C@@H](NCc2cc(C(F)(F)F)cc(C(F)(F)F)c2)C[C@@H](CC)N1C(=O)OC(C)(C)C. The van der Waals surface area contributed by atoms with Crippen molar-refractivity contribution in [2.45, 2.75) is 96.0 Å². The summed E-state index contributed by atoms with van der Waals surface area (Å²) >= 11 is 0. The van der Waals surface area contributed by atoms with Crippen molar-refractivity contribution in [2.75, 3.05) is 0 Å². The number of benzene rings is 1. The van der Waals surface area contributed by atoms with Gasteiger partial charge in [0, 0.05) is 24.7 Å².